The fraction of sp³-hybridized carbons (Fsp3) is 0.343. The highest BCUT2D eigenvalue weighted by atomic mass is 16.4. The van der Waals surface area contributed by atoms with E-state index in [1.54, 1.807) is 12.1 Å². The highest BCUT2D eigenvalue weighted by molar-refractivity contribution is 5.97. The molecule has 1 aliphatic rings. The lowest BCUT2D eigenvalue weighted by molar-refractivity contribution is -0.138. The predicted octanol–water partition coefficient (Wildman–Crippen LogP) is -0.682. The van der Waals surface area contributed by atoms with E-state index in [0.29, 0.717) is 11.1 Å². The summed E-state index contributed by atoms with van der Waals surface area (Å²) in [6.07, 6.45) is -0.625. The second-order valence-corrected chi connectivity index (χ2v) is 12.2. The molecule has 4 rings (SSSR count). The lowest BCUT2D eigenvalue weighted by Crippen LogP contribution is -2.58. The molecule has 1 heterocycles. The number of aliphatic carboxylic acids is 1. The summed E-state index contributed by atoms with van der Waals surface area (Å²) in [5.74, 6) is -5.24. The van der Waals surface area contributed by atoms with Crippen molar-refractivity contribution in [1.29, 1.82) is 0 Å². The van der Waals surface area contributed by atoms with Crippen LogP contribution >= 0.6 is 0 Å². The third kappa shape index (κ3) is 11.7. The van der Waals surface area contributed by atoms with Gasteiger partial charge in [0.05, 0.1) is 6.54 Å². The van der Waals surface area contributed by atoms with Crippen molar-refractivity contribution in [3.63, 3.8) is 0 Å². The van der Waals surface area contributed by atoms with E-state index in [4.69, 9.17) is 11.5 Å². The monoisotopic (exact) mass is 702 g/mol. The number of aromatic hydroxyl groups is 1. The van der Waals surface area contributed by atoms with E-state index < -0.39 is 72.6 Å². The Morgan fingerprint density at radius 2 is 1.27 bits per heavy atom. The number of nitrogens with zero attached hydrogens (tertiary/aromatic N) is 1. The Hall–Kier alpha value is -6.19. The van der Waals surface area contributed by atoms with Crippen LogP contribution in [0, 0.1) is 0 Å². The standard InChI is InChI=1S/C35H42N8O8/c36-35(37)38-15-3-6-25-32(49)43-27(18-21-7-10-22-4-1-2-5-23(22)16-21)31(48)39-19-29(45)40-28(17-20-8-11-24(44)12-9-20)34(51)42-26(33(50)41-25)13-14-30(46)47/h1-2,4-5,7-12,16,25-28,44H,3,6,13-15,17-19H2,(H,39,48)(H,40,45)(H,41,50)(H,42,51)(H,43,49)(H,46,47)(H4,36,37,38)/t25-,26-,27-,28+/m0/s1. The van der Waals surface area contributed by atoms with Gasteiger partial charge in [0, 0.05) is 25.8 Å². The maximum Gasteiger partial charge on any atom is 0.303 e. The van der Waals surface area contributed by atoms with Gasteiger partial charge in [0.25, 0.3) is 0 Å². The number of hydrogen-bond donors (Lipinski definition) is 9. The molecular weight excluding hydrogens is 660 g/mol. The van der Waals surface area contributed by atoms with Crippen molar-refractivity contribution in [2.45, 2.75) is 62.7 Å². The summed E-state index contributed by atoms with van der Waals surface area (Å²) < 4.78 is 0. The van der Waals surface area contributed by atoms with E-state index in [0.717, 1.165) is 10.8 Å². The van der Waals surface area contributed by atoms with Gasteiger partial charge in [0.15, 0.2) is 5.96 Å². The van der Waals surface area contributed by atoms with E-state index >= 15 is 0 Å². The van der Waals surface area contributed by atoms with Crippen LogP contribution in [0.15, 0.2) is 71.7 Å². The highest BCUT2D eigenvalue weighted by Gasteiger charge is 2.32. The number of fused-ring (bicyclic) bond motifs is 1. The average molecular weight is 703 g/mol. The molecule has 0 radical (unpaired) electrons. The number of guanidine groups is 1. The van der Waals surface area contributed by atoms with Gasteiger partial charge in [0.2, 0.25) is 29.5 Å². The molecule has 16 heteroatoms. The van der Waals surface area contributed by atoms with Crippen LogP contribution < -0.4 is 38.1 Å². The highest BCUT2D eigenvalue weighted by Crippen LogP contribution is 2.17. The minimum Gasteiger partial charge on any atom is -0.508 e. The SMILES string of the molecule is NC(N)=NCCC[C@@H]1NC(=O)[C@H](CCC(=O)O)NC(=O)[C@@H](Cc2ccc(O)cc2)NC(=O)CNC(=O)[C@H](Cc2ccc3ccccc3c2)NC1=O. The maximum atomic E-state index is 13.8. The number of nitrogens with one attached hydrogen (secondary N) is 5. The van der Waals surface area contributed by atoms with Crippen molar-refractivity contribution < 1.29 is 39.0 Å². The summed E-state index contributed by atoms with van der Waals surface area (Å²) in [5, 5.41) is 33.9. The van der Waals surface area contributed by atoms with Crippen LogP contribution in [0.25, 0.3) is 10.8 Å². The van der Waals surface area contributed by atoms with Gasteiger partial charge in [-0.25, -0.2) is 0 Å². The molecule has 16 nitrogen and oxygen atoms in total. The number of rotatable bonds is 11. The van der Waals surface area contributed by atoms with Crippen molar-refractivity contribution in [2.75, 3.05) is 13.1 Å². The summed E-state index contributed by atoms with van der Waals surface area (Å²) in [6.45, 7) is -0.432. The third-order valence-electron chi connectivity index (χ3n) is 8.20. The molecule has 0 spiro atoms. The van der Waals surface area contributed by atoms with E-state index in [1.807, 2.05) is 42.5 Å². The number of phenolic OH excluding ortho intramolecular Hbond substituents is 1. The van der Waals surface area contributed by atoms with Gasteiger partial charge in [-0.15, -0.1) is 0 Å². The maximum absolute atomic E-state index is 13.8. The number of hydrogen-bond acceptors (Lipinski definition) is 8. The molecule has 0 unspecified atom stereocenters. The summed E-state index contributed by atoms with van der Waals surface area (Å²) in [5.41, 5.74) is 12.1. The molecule has 270 valence electrons. The third-order valence-corrected chi connectivity index (χ3v) is 8.20. The molecule has 0 aromatic heterocycles. The minimum atomic E-state index is -1.42. The zero-order valence-electron chi connectivity index (χ0n) is 27.8. The number of amides is 5. The van der Waals surface area contributed by atoms with Crippen molar-refractivity contribution in [1.82, 2.24) is 26.6 Å². The zero-order chi connectivity index (χ0) is 36.9. The normalized spacial score (nSPS) is 20.4. The number of benzene rings is 3. The van der Waals surface area contributed by atoms with Crippen LogP contribution in [0.3, 0.4) is 0 Å². The second kappa shape index (κ2) is 18.0. The number of carboxylic acids is 1. The van der Waals surface area contributed by atoms with Gasteiger partial charge in [0.1, 0.15) is 29.9 Å². The van der Waals surface area contributed by atoms with Gasteiger partial charge < -0.3 is 48.3 Å². The number of phenols is 1. The Kier molecular flexibility index (Phi) is 13.3. The van der Waals surface area contributed by atoms with Crippen molar-refractivity contribution >= 4 is 52.2 Å². The van der Waals surface area contributed by atoms with Gasteiger partial charge in [-0.3, -0.25) is 33.8 Å². The zero-order valence-corrected chi connectivity index (χ0v) is 27.8. The Morgan fingerprint density at radius 1 is 0.706 bits per heavy atom. The molecule has 51 heavy (non-hydrogen) atoms. The van der Waals surface area contributed by atoms with Crippen LogP contribution in [0.1, 0.15) is 36.8 Å². The van der Waals surface area contributed by atoms with Gasteiger partial charge in [-0.1, -0.05) is 54.6 Å². The van der Waals surface area contributed by atoms with Crippen LogP contribution in [0.4, 0.5) is 0 Å². The van der Waals surface area contributed by atoms with Gasteiger partial charge in [-0.2, -0.15) is 0 Å². The van der Waals surface area contributed by atoms with Crippen molar-refractivity contribution in [3.8, 4) is 5.75 Å². The van der Waals surface area contributed by atoms with Crippen LogP contribution in [0.5, 0.6) is 5.75 Å². The largest absolute Gasteiger partial charge is 0.508 e. The molecule has 3 aromatic carbocycles. The summed E-state index contributed by atoms with van der Waals surface area (Å²) in [4.78, 5) is 83.2. The molecule has 1 fully saturated rings. The van der Waals surface area contributed by atoms with Crippen molar-refractivity contribution in [3.05, 3.63) is 77.9 Å². The van der Waals surface area contributed by atoms with E-state index in [-0.39, 0.29) is 50.4 Å². The smallest absolute Gasteiger partial charge is 0.303 e. The first kappa shape index (κ1) is 37.6. The number of aliphatic imine (C=N–C) groups is 1. The number of carboxylic acid groups (broad SMARTS) is 1. The summed E-state index contributed by atoms with van der Waals surface area (Å²) in [7, 11) is 0. The molecule has 0 saturated carbocycles. The Balaban J connectivity index is 1.68. The molecule has 0 bridgehead atoms. The number of carbonyl (C=O) groups is 6. The molecular formula is C35H42N8O8. The number of nitrogens with two attached hydrogens (primary N) is 2. The molecule has 4 atom stereocenters. The Morgan fingerprint density at radius 3 is 1.94 bits per heavy atom. The van der Waals surface area contributed by atoms with E-state index in [2.05, 4.69) is 31.6 Å². The molecule has 3 aromatic rings. The fourth-order valence-electron chi connectivity index (χ4n) is 5.55. The molecule has 11 N–H and O–H groups in total. The molecule has 0 aliphatic carbocycles. The second-order valence-electron chi connectivity index (χ2n) is 12.2. The summed E-state index contributed by atoms with van der Waals surface area (Å²) >= 11 is 0. The first-order valence-corrected chi connectivity index (χ1v) is 16.4. The topological polar surface area (TPSA) is 267 Å². The fourth-order valence-corrected chi connectivity index (χ4v) is 5.55. The van der Waals surface area contributed by atoms with Gasteiger partial charge >= 0.3 is 5.97 Å². The van der Waals surface area contributed by atoms with Crippen LogP contribution in [-0.2, 0) is 41.6 Å². The number of carbonyl (C=O) groups excluding carboxylic acids is 5. The lowest BCUT2D eigenvalue weighted by Gasteiger charge is -2.26. The van der Waals surface area contributed by atoms with Crippen LogP contribution in [0.2, 0.25) is 0 Å². The summed E-state index contributed by atoms with van der Waals surface area (Å²) in [6, 6.07) is 13.9. The molecule has 1 saturated heterocycles. The first-order chi connectivity index (χ1) is 24.4. The Labute approximate surface area is 293 Å². The minimum absolute atomic E-state index is 0.0157. The lowest BCUT2D eigenvalue weighted by atomic mass is 10.0. The van der Waals surface area contributed by atoms with E-state index in [9.17, 15) is 39.0 Å². The molecule has 1 aliphatic heterocycles. The average Bonchev–Trinajstić information content (AvgIpc) is 3.09. The first-order valence-electron chi connectivity index (χ1n) is 16.4. The Bertz CT molecular complexity index is 1780. The van der Waals surface area contributed by atoms with E-state index in [1.165, 1.54) is 12.1 Å². The molecule has 5 amide bonds. The van der Waals surface area contributed by atoms with Gasteiger partial charge in [-0.05, 0) is 53.3 Å². The van der Waals surface area contributed by atoms with Crippen molar-refractivity contribution in [2.24, 2.45) is 16.5 Å². The predicted molar refractivity (Wildman–Crippen MR) is 187 cm³/mol. The quantitative estimate of drug-likeness (QED) is 0.0690. The van der Waals surface area contributed by atoms with Crippen LogP contribution in [-0.4, -0.2) is 88.9 Å².